The van der Waals surface area contributed by atoms with Crippen LogP contribution in [0.25, 0.3) is 0 Å². The summed E-state index contributed by atoms with van der Waals surface area (Å²) in [6.45, 7) is 12.1. The minimum Gasteiger partial charge on any atom is -0.444 e. The predicted molar refractivity (Wildman–Crippen MR) is 168 cm³/mol. The van der Waals surface area contributed by atoms with Gasteiger partial charge in [-0.2, -0.15) is 0 Å². The Labute approximate surface area is 241 Å². The predicted octanol–water partition coefficient (Wildman–Crippen LogP) is 9.09. The summed E-state index contributed by atoms with van der Waals surface area (Å²) in [5.74, 6) is 0. The van der Waals surface area contributed by atoms with Crippen LogP contribution in [0.15, 0.2) is 24.3 Å². The Morgan fingerprint density at radius 3 is 1.92 bits per heavy atom. The van der Waals surface area contributed by atoms with Crippen LogP contribution in [0.5, 0.6) is 0 Å². The van der Waals surface area contributed by atoms with Crippen molar-refractivity contribution in [2.24, 2.45) is 0 Å². The quantitative estimate of drug-likeness (QED) is 0.177. The van der Waals surface area contributed by atoms with Crippen LogP contribution in [-0.4, -0.2) is 49.3 Å². The number of hydrogen-bond donors (Lipinski definition) is 1. The van der Waals surface area contributed by atoms with Crippen molar-refractivity contribution in [3.05, 3.63) is 29.8 Å². The van der Waals surface area contributed by atoms with E-state index in [0.29, 0.717) is 0 Å². The van der Waals surface area contributed by atoms with Crippen LogP contribution in [0.4, 0.5) is 10.5 Å². The molecule has 1 aromatic rings. The van der Waals surface area contributed by atoms with E-state index in [1.807, 2.05) is 20.8 Å². The van der Waals surface area contributed by atoms with E-state index in [2.05, 4.69) is 53.4 Å². The standard InChI is InChI=1S/C34H61N3O2/c1-6-7-8-9-10-11-12-13-14-15-16-17-18-21-26-36(5)29-30-22-19-20-23-32(30)37-27-24-31(25-28-37)35-33(38)39-34(2,3)4/h19-20,22-23,31H,6-18,21,24-29H2,1-5H3,(H,35,38). The maximum Gasteiger partial charge on any atom is 0.407 e. The molecule has 0 aromatic heterocycles. The lowest BCUT2D eigenvalue weighted by atomic mass is 10.0. The number of nitrogens with one attached hydrogen (secondary N) is 1. The molecule has 1 aliphatic rings. The molecule has 1 aromatic carbocycles. The lowest BCUT2D eigenvalue weighted by molar-refractivity contribution is 0.0497. The van der Waals surface area contributed by atoms with Crippen LogP contribution in [0, 0.1) is 0 Å². The van der Waals surface area contributed by atoms with Crippen molar-refractivity contribution in [2.45, 2.75) is 149 Å². The SMILES string of the molecule is CCCCCCCCCCCCCCCCN(C)Cc1ccccc1N1CCC(NC(=O)OC(C)(C)C)CC1. The molecule has 39 heavy (non-hydrogen) atoms. The van der Waals surface area contributed by atoms with Crippen molar-refractivity contribution in [1.29, 1.82) is 0 Å². The van der Waals surface area contributed by atoms with E-state index < -0.39 is 5.60 Å². The number of rotatable bonds is 19. The monoisotopic (exact) mass is 543 g/mol. The number of para-hydroxylation sites is 1. The molecule has 0 saturated carbocycles. The van der Waals surface area contributed by atoms with E-state index in [1.165, 1.54) is 101 Å². The van der Waals surface area contributed by atoms with Crippen molar-refractivity contribution in [3.63, 3.8) is 0 Å². The average Bonchev–Trinajstić information content (AvgIpc) is 2.88. The Balaban J connectivity index is 1.57. The molecule has 1 fully saturated rings. The Morgan fingerprint density at radius 2 is 1.38 bits per heavy atom. The molecule has 5 heteroatoms. The summed E-state index contributed by atoms with van der Waals surface area (Å²) in [5.41, 5.74) is 2.30. The van der Waals surface area contributed by atoms with E-state index in [4.69, 9.17) is 4.74 Å². The first-order chi connectivity index (χ1) is 18.8. The zero-order chi connectivity index (χ0) is 28.3. The average molecular weight is 544 g/mol. The molecule has 1 heterocycles. The number of nitrogens with zero attached hydrogens (tertiary/aromatic N) is 2. The lowest BCUT2D eigenvalue weighted by Crippen LogP contribution is -2.46. The maximum atomic E-state index is 12.1. The number of carbonyl (C=O) groups is 1. The van der Waals surface area contributed by atoms with Crippen molar-refractivity contribution in [2.75, 3.05) is 31.6 Å². The molecule has 0 atom stereocenters. The number of ether oxygens (including phenoxy) is 1. The van der Waals surface area contributed by atoms with Crippen LogP contribution < -0.4 is 10.2 Å². The van der Waals surface area contributed by atoms with Gasteiger partial charge in [0.2, 0.25) is 0 Å². The summed E-state index contributed by atoms with van der Waals surface area (Å²) in [7, 11) is 2.26. The van der Waals surface area contributed by atoms with Crippen LogP contribution >= 0.6 is 0 Å². The number of amides is 1. The second-order valence-corrected chi connectivity index (χ2v) is 12.9. The number of benzene rings is 1. The molecule has 0 unspecified atom stereocenters. The van der Waals surface area contributed by atoms with Gasteiger partial charge in [0, 0.05) is 31.4 Å². The van der Waals surface area contributed by atoms with E-state index in [9.17, 15) is 4.79 Å². The largest absolute Gasteiger partial charge is 0.444 e. The molecule has 0 aliphatic carbocycles. The molecule has 5 nitrogen and oxygen atoms in total. The zero-order valence-electron chi connectivity index (χ0n) is 26.2. The number of alkyl carbamates (subject to hydrolysis) is 1. The molecule has 0 spiro atoms. The van der Waals surface area contributed by atoms with Gasteiger partial charge < -0.3 is 19.9 Å². The normalized spacial score (nSPS) is 14.7. The molecular formula is C34H61N3O2. The molecule has 1 N–H and O–H groups in total. The third-order valence-corrected chi connectivity index (χ3v) is 7.88. The van der Waals surface area contributed by atoms with Gasteiger partial charge in [-0.25, -0.2) is 4.79 Å². The lowest BCUT2D eigenvalue weighted by Gasteiger charge is -2.35. The fraction of sp³-hybridized carbons (Fsp3) is 0.794. The van der Waals surface area contributed by atoms with Gasteiger partial charge in [0.1, 0.15) is 5.60 Å². The van der Waals surface area contributed by atoms with E-state index in [-0.39, 0.29) is 12.1 Å². The van der Waals surface area contributed by atoms with Crippen LogP contribution in [0.3, 0.4) is 0 Å². The first-order valence-corrected chi connectivity index (χ1v) is 16.3. The number of unbranched alkanes of at least 4 members (excludes halogenated alkanes) is 13. The topological polar surface area (TPSA) is 44.8 Å². The first kappa shape index (κ1) is 33.5. The summed E-state index contributed by atoms with van der Waals surface area (Å²) in [6, 6.07) is 9.04. The van der Waals surface area contributed by atoms with Crippen LogP contribution in [0.1, 0.15) is 136 Å². The fourth-order valence-corrected chi connectivity index (χ4v) is 5.64. The highest BCUT2D eigenvalue weighted by molar-refractivity contribution is 5.68. The van der Waals surface area contributed by atoms with Gasteiger partial charge in [0.05, 0.1) is 0 Å². The second-order valence-electron chi connectivity index (χ2n) is 12.9. The van der Waals surface area contributed by atoms with Crippen LogP contribution in [0.2, 0.25) is 0 Å². The zero-order valence-corrected chi connectivity index (χ0v) is 26.2. The van der Waals surface area contributed by atoms with Gasteiger partial charge in [-0.15, -0.1) is 0 Å². The fourth-order valence-electron chi connectivity index (χ4n) is 5.64. The molecule has 1 aliphatic heterocycles. The maximum absolute atomic E-state index is 12.1. The molecule has 0 bridgehead atoms. The molecule has 2 rings (SSSR count). The second kappa shape index (κ2) is 19.3. The number of piperidine rings is 1. The summed E-state index contributed by atoms with van der Waals surface area (Å²) in [4.78, 5) is 17.1. The Bertz CT molecular complexity index is 768. The number of carbonyl (C=O) groups excluding carboxylic acids is 1. The van der Waals surface area contributed by atoms with E-state index >= 15 is 0 Å². The van der Waals surface area contributed by atoms with Gasteiger partial charge >= 0.3 is 6.09 Å². The van der Waals surface area contributed by atoms with Crippen molar-refractivity contribution in [1.82, 2.24) is 10.2 Å². The van der Waals surface area contributed by atoms with Crippen LogP contribution in [-0.2, 0) is 11.3 Å². The minimum absolute atomic E-state index is 0.186. The Hall–Kier alpha value is -1.75. The van der Waals surface area contributed by atoms with E-state index in [0.717, 1.165) is 39.0 Å². The summed E-state index contributed by atoms with van der Waals surface area (Å²) < 4.78 is 5.44. The van der Waals surface area contributed by atoms with Gasteiger partial charge in [0.15, 0.2) is 0 Å². The Morgan fingerprint density at radius 1 is 0.872 bits per heavy atom. The van der Waals surface area contributed by atoms with E-state index in [1.54, 1.807) is 0 Å². The smallest absolute Gasteiger partial charge is 0.407 e. The molecule has 1 saturated heterocycles. The number of hydrogen-bond acceptors (Lipinski definition) is 4. The van der Waals surface area contributed by atoms with Gasteiger partial charge in [-0.3, -0.25) is 0 Å². The highest BCUT2D eigenvalue weighted by atomic mass is 16.6. The molecule has 224 valence electrons. The minimum atomic E-state index is -0.456. The first-order valence-electron chi connectivity index (χ1n) is 16.3. The third kappa shape index (κ3) is 15.6. The highest BCUT2D eigenvalue weighted by Crippen LogP contribution is 2.26. The molecular weight excluding hydrogens is 482 g/mol. The van der Waals surface area contributed by atoms with Crippen molar-refractivity contribution < 1.29 is 9.53 Å². The van der Waals surface area contributed by atoms with Crippen molar-refractivity contribution in [3.8, 4) is 0 Å². The summed E-state index contributed by atoms with van der Waals surface area (Å²) in [6.07, 6.45) is 21.3. The molecule has 0 radical (unpaired) electrons. The van der Waals surface area contributed by atoms with Gasteiger partial charge in [0.25, 0.3) is 0 Å². The van der Waals surface area contributed by atoms with Gasteiger partial charge in [-0.05, 0) is 65.3 Å². The molecule has 1 amide bonds. The third-order valence-electron chi connectivity index (χ3n) is 7.88. The summed E-state index contributed by atoms with van der Waals surface area (Å²) >= 11 is 0. The highest BCUT2D eigenvalue weighted by Gasteiger charge is 2.24. The van der Waals surface area contributed by atoms with Crippen molar-refractivity contribution >= 4 is 11.8 Å². The Kier molecular flexibility index (Phi) is 16.6. The number of anilines is 1. The van der Waals surface area contributed by atoms with Gasteiger partial charge in [-0.1, -0.05) is 109 Å². The summed E-state index contributed by atoms with van der Waals surface area (Å²) in [5, 5.41) is 3.06.